The van der Waals surface area contributed by atoms with Gasteiger partial charge in [-0.25, -0.2) is 14.6 Å². The van der Waals surface area contributed by atoms with Gasteiger partial charge in [0, 0.05) is 29.9 Å². The Kier molecular flexibility index (Phi) is 5.69. The van der Waals surface area contributed by atoms with Crippen molar-refractivity contribution in [2.45, 2.75) is 19.1 Å². The van der Waals surface area contributed by atoms with E-state index in [1.807, 2.05) is 18.2 Å². The highest BCUT2D eigenvalue weighted by Crippen LogP contribution is 2.31. The Morgan fingerprint density at radius 3 is 2.97 bits per heavy atom. The number of benzene rings is 1. The van der Waals surface area contributed by atoms with Gasteiger partial charge < -0.3 is 19.1 Å². The van der Waals surface area contributed by atoms with Crippen LogP contribution in [0.15, 0.2) is 47.4 Å². The molecule has 3 aromatic rings. The van der Waals surface area contributed by atoms with Gasteiger partial charge in [-0.3, -0.25) is 14.7 Å². The average molecular weight is 499 g/mol. The average Bonchev–Trinajstić information content (AvgIpc) is 3.23. The van der Waals surface area contributed by atoms with E-state index in [4.69, 9.17) is 14.2 Å². The number of nitrogens with one attached hydrogen (secondary N) is 1. The van der Waals surface area contributed by atoms with Crippen molar-refractivity contribution < 1.29 is 23.8 Å². The lowest BCUT2D eigenvalue weighted by Crippen LogP contribution is -2.35. The minimum Gasteiger partial charge on any atom is -0.478 e. The van der Waals surface area contributed by atoms with Crippen LogP contribution >= 0.6 is 0 Å². The van der Waals surface area contributed by atoms with Gasteiger partial charge in [0.25, 0.3) is 5.88 Å². The summed E-state index contributed by atoms with van der Waals surface area (Å²) in [4.78, 5) is 45.2. The predicted molar refractivity (Wildman–Crippen MR) is 129 cm³/mol. The fraction of sp³-hybridized carbons (Fsp3) is 0.269. The molecule has 2 aromatic heterocycles. The van der Waals surface area contributed by atoms with Crippen molar-refractivity contribution in [2.75, 3.05) is 26.3 Å². The van der Waals surface area contributed by atoms with E-state index in [0.29, 0.717) is 24.6 Å². The summed E-state index contributed by atoms with van der Waals surface area (Å²) in [6.07, 6.45) is 1.92. The molecule has 0 spiro atoms. The van der Waals surface area contributed by atoms with Gasteiger partial charge in [0.05, 0.1) is 12.2 Å². The number of hydrogen-bond acceptors (Lipinski definition) is 8. The maximum Gasteiger partial charge on any atom is 0.351 e. The van der Waals surface area contributed by atoms with Gasteiger partial charge in [-0.15, -0.1) is 0 Å². The number of amides is 3. The highest BCUT2D eigenvalue weighted by atomic mass is 16.6. The first kappa shape index (κ1) is 22.6. The smallest absolute Gasteiger partial charge is 0.351 e. The zero-order valence-corrected chi connectivity index (χ0v) is 19.6. The number of pyridine rings is 1. The van der Waals surface area contributed by atoms with Crippen molar-refractivity contribution in [1.82, 2.24) is 24.8 Å². The molecule has 3 aliphatic rings. The van der Waals surface area contributed by atoms with Crippen LogP contribution in [0.3, 0.4) is 0 Å². The third-order valence-corrected chi connectivity index (χ3v) is 6.20. The molecule has 11 heteroatoms. The van der Waals surface area contributed by atoms with Crippen molar-refractivity contribution in [1.29, 1.82) is 0 Å². The minimum absolute atomic E-state index is 0.0199. The molecule has 1 fully saturated rings. The van der Waals surface area contributed by atoms with Crippen LogP contribution in [-0.2, 0) is 17.8 Å². The number of aromatic nitrogens is 3. The zero-order chi connectivity index (χ0) is 25.4. The second-order valence-electron chi connectivity index (χ2n) is 8.72. The maximum atomic E-state index is 12.7. The Bertz CT molecular complexity index is 1540. The Balaban J connectivity index is 1.17. The number of nitrogens with zero attached hydrogens (tertiary/aromatic N) is 4. The number of aryl methyl sites for hydroxylation is 1. The molecule has 1 N–H and O–H groups in total. The third kappa shape index (κ3) is 4.56. The monoisotopic (exact) mass is 499 g/mol. The highest BCUT2D eigenvalue weighted by molar-refractivity contribution is 6.02. The molecule has 37 heavy (non-hydrogen) atoms. The Morgan fingerprint density at radius 2 is 2.11 bits per heavy atom. The molecule has 1 aromatic carbocycles. The molecule has 3 aliphatic heterocycles. The van der Waals surface area contributed by atoms with Crippen LogP contribution in [-0.4, -0.2) is 63.8 Å². The van der Waals surface area contributed by atoms with Gasteiger partial charge >= 0.3 is 11.7 Å². The number of carbonyl (C=O) groups excluding carboxylic acids is 2. The summed E-state index contributed by atoms with van der Waals surface area (Å²) in [5.74, 6) is 6.88. The molecule has 186 valence electrons. The number of fused-ring (bicyclic) bond motifs is 4. The molecular weight excluding hydrogens is 478 g/mol. The van der Waals surface area contributed by atoms with Crippen molar-refractivity contribution in [3.63, 3.8) is 0 Å². The molecule has 0 bridgehead atoms. The van der Waals surface area contributed by atoms with Gasteiger partial charge in [-0.05, 0) is 36.2 Å². The first-order chi connectivity index (χ1) is 18.0. The van der Waals surface area contributed by atoms with Crippen LogP contribution in [0.25, 0.3) is 11.3 Å². The van der Waals surface area contributed by atoms with Crippen LogP contribution in [0, 0.1) is 11.8 Å². The molecule has 1 unspecified atom stereocenters. The maximum absolute atomic E-state index is 12.7. The molecule has 0 saturated carbocycles. The van der Waals surface area contributed by atoms with E-state index >= 15 is 0 Å². The number of carbonyl (C=O) groups is 2. The molecule has 0 aliphatic carbocycles. The fourth-order valence-corrected chi connectivity index (χ4v) is 4.43. The third-order valence-electron chi connectivity index (χ3n) is 6.20. The summed E-state index contributed by atoms with van der Waals surface area (Å²) in [5, 5.41) is 2.23. The first-order valence-corrected chi connectivity index (χ1v) is 11.7. The van der Waals surface area contributed by atoms with Crippen LogP contribution in [0.4, 0.5) is 4.79 Å². The summed E-state index contributed by atoms with van der Waals surface area (Å²) in [6.45, 7) is 1.11. The molecular formula is C26H21N5O6. The van der Waals surface area contributed by atoms with E-state index in [1.165, 1.54) is 4.90 Å². The van der Waals surface area contributed by atoms with E-state index in [2.05, 4.69) is 27.1 Å². The predicted octanol–water partition coefficient (Wildman–Crippen LogP) is 0.984. The van der Waals surface area contributed by atoms with Crippen LogP contribution in [0.2, 0.25) is 0 Å². The summed E-state index contributed by atoms with van der Waals surface area (Å²) < 4.78 is 18.9. The van der Waals surface area contributed by atoms with Crippen molar-refractivity contribution in [3.8, 4) is 40.6 Å². The molecule has 1 saturated heterocycles. The quantitative estimate of drug-likeness (QED) is 0.416. The number of imide groups is 1. The second kappa shape index (κ2) is 9.31. The first-order valence-electron chi connectivity index (χ1n) is 11.7. The normalized spacial score (nSPS) is 17.3. The molecule has 6 rings (SSSR count). The lowest BCUT2D eigenvalue weighted by Gasteiger charge is -2.25. The van der Waals surface area contributed by atoms with Gasteiger partial charge in [0.2, 0.25) is 11.8 Å². The lowest BCUT2D eigenvalue weighted by atomic mass is 9.95. The topological polar surface area (TPSA) is 125 Å². The Morgan fingerprint density at radius 1 is 1.19 bits per heavy atom. The Hall–Kier alpha value is -4.85. The second-order valence-corrected chi connectivity index (χ2v) is 8.72. The molecule has 11 nitrogen and oxygen atoms in total. The summed E-state index contributed by atoms with van der Waals surface area (Å²) in [6, 6.07) is 10.6. The van der Waals surface area contributed by atoms with Gasteiger partial charge in [-0.2, -0.15) is 4.98 Å². The number of ether oxygens (including phenoxy) is 3. The minimum atomic E-state index is -0.428. The molecule has 5 heterocycles. The lowest BCUT2D eigenvalue weighted by molar-refractivity contribution is -0.118. The highest BCUT2D eigenvalue weighted by Gasteiger charge is 2.26. The number of urea groups is 1. The van der Waals surface area contributed by atoms with Crippen LogP contribution in [0.5, 0.6) is 17.5 Å². The van der Waals surface area contributed by atoms with E-state index in [9.17, 15) is 14.4 Å². The largest absolute Gasteiger partial charge is 0.478 e. The van der Waals surface area contributed by atoms with E-state index < -0.39 is 6.03 Å². The van der Waals surface area contributed by atoms with E-state index in [-0.39, 0.29) is 49.9 Å². The van der Waals surface area contributed by atoms with Gasteiger partial charge in [0.1, 0.15) is 19.8 Å². The Labute approximate surface area is 211 Å². The SMILES string of the molecule is O=C1CN(CC#Cc2ccc3c(c2)CCn2c-3cc(OCC3COc4ncccc4O3)nc2=O)C(=O)N1. The van der Waals surface area contributed by atoms with Crippen LogP contribution < -0.4 is 25.2 Å². The molecule has 3 amide bonds. The molecule has 0 radical (unpaired) electrons. The summed E-state index contributed by atoms with van der Waals surface area (Å²) in [5.41, 5.74) is 3.08. The number of hydrogen-bond donors (Lipinski definition) is 1. The van der Waals surface area contributed by atoms with Crippen LogP contribution in [0.1, 0.15) is 11.1 Å². The van der Waals surface area contributed by atoms with Crippen molar-refractivity contribution >= 4 is 11.9 Å². The standard InChI is InChI=1S/C26H21N5O6/c32-22-13-30(25(33)28-22)9-2-3-16-5-6-19-17(11-16)7-10-31-20(19)12-23(29-26(31)34)35-14-18-15-36-24-21(37-18)4-1-8-27-24/h1,4-6,8,11-12,18H,7,9-10,13-15H2,(H,28,32,33). The zero-order valence-electron chi connectivity index (χ0n) is 19.6. The van der Waals surface area contributed by atoms with Gasteiger partial charge in [-0.1, -0.05) is 17.9 Å². The van der Waals surface area contributed by atoms with E-state index in [1.54, 1.807) is 29.0 Å². The number of rotatable bonds is 4. The van der Waals surface area contributed by atoms with Crippen molar-refractivity contribution in [2.24, 2.45) is 0 Å². The fourth-order valence-electron chi connectivity index (χ4n) is 4.43. The van der Waals surface area contributed by atoms with E-state index in [0.717, 1.165) is 22.4 Å². The molecule has 1 atom stereocenters. The van der Waals surface area contributed by atoms with Crippen molar-refractivity contribution in [3.05, 3.63) is 64.2 Å². The van der Waals surface area contributed by atoms with Gasteiger partial charge in [0.15, 0.2) is 11.9 Å². The summed E-state index contributed by atoms with van der Waals surface area (Å²) >= 11 is 0. The summed E-state index contributed by atoms with van der Waals surface area (Å²) in [7, 11) is 0.